The number of likely N-dealkylation sites (tertiary alicyclic amines) is 1. The first-order chi connectivity index (χ1) is 14.0. The Bertz CT molecular complexity index is 962. The highest BCUT2D eigenvalue weighted by atomic mass is 16.2. The van der Waals surface area contributed by atoms with E-state index in [1.54, 1.807) is 11.0 Å². The molecule has 2 aliphatic rings. The molecule has 2 heterocycles. The zero-order valence-corrected chi connectivity index (χ0v) is 16.8. The van der Waals surface area contributed by atoms with E-state index in [9.17, 15) is 9.59 Å². The van der Waals surface area contributed by atoms with Gasteiger partial charge in [-0.05, 0) is 50.5 Å². The molecule has 0 spiro atoms. The molecule has 1 aromatic carbocycles. The summed E-state index contributed by atoms with van der Waals surface area (Å²) in [5, 5.41) is 4.15. The molecule has 1 saturated carbocycles. The lowest BCUT2D eigenvalue weighted by Gasteiger charge is -2.28. The molecule has 3 atom stereocenters. The number of carbonyl (C=O) groups excluding carboxylic acids is 2. The van der Waals surface area contributed by atoms with E-state index in [0.29, 0.717) is 25.2 Å². The highest BCUT2D eigenvalue weighted by Gasteiger charge is 2.45. The third kappa shape index (κ3) is 3.63. The summed E-state index contributed by atoms with van der Waals surface area (Å²) in [6.07, 6.45) is 10.1. The Morgan fingerprint density at radius 1 is 1.38 bits per heavy atom. The van der Waals surface area contributed by atoms with Crippen LogP contribution < -0.4 is 0 Å². The number of nitrogens with zero attached hydrogens (tertiary/aromatic N) is 5. The molecule has 0 radical (unpaired) electrons. The summed E-state index contributed by atoms with van der Waals surface area (Å²) in [4.78, 5) is 33.5. The van der Waals surface area contributed by atoms with E-state index in [1.165, 1.54) is 6.33 Å². The van der Waals surface area contributed by atoms with E-state index >= 15 is 0 Å². The van der Waals surface area contributed by atoms with Gasteiger partial charge in [0, 0.05) is 31.1 Å². The van der Waals surface area contributed by atoms with Gasteiger partial charge in [-0.3, -0.25) is 9.59 Å². The van der Waals surface area contributed by atoms with Gasteiger partial charge in [0.2, 0.25) is 5.91 Å². The van der Waals surface area contributed by atoms with E-state index in [0.717, 1.165) is 24.1 Å². The third-order valence-corrected chi connectivity index (χ3v) is 5.95. The minimum Gasteiger partial charge on any atom is -0.340 e. The number of amides is 2. The summed E-state index contributed by atoms with van der Waals surface area (Å²) in [6.45, 7) is 5.81. The van der Waals surface area contributed by atoms with Crippen LogP contribution in [0.1, 0.15) is 35.7 Å². The number of rotatable bonds is 5. The van der Waals surface area contributed by atoms with Crippen LogP contribution in [0, 0.1) is 31.1 Å². The van der Waals surface area contributed by atoms with Crippen molar-refractivity contribution in [3.8, 4) is 18.0 Å². The number of terminal acetylenes is 1. The van der Waals surface area contributed by atoms with Crippen LogP contribution in [-0.2, 0) is 4.79 Å². The van der Waals surface area contributed by atoms with Gasteiger partial charge >= 0.3 is 0 Å². The summed E-state index contributed by atoms with van der Waals surface area (Å²) in [6, 6.07) is 5.65. The Hall–Kier alpha value is -3.14. The average molecular weight is 391 g/mol. The molecule has 4 rings (SSSR count). The van der Waals surface area contributed by atoms with E-state index in [1.807, 2.05) is 41.8 Å². The van der Waals surface area contributed by atoms with Gasteiger partial charge in [0.05, 0.1) is 17.6 Å². The van der Waals surface area contributed by atoms with E-state index in [-0.39, 0.29) is 29.7 Å². The van der Waals surface area contributed by atoms with Gasteiger partial charge in [-0.1, -0.05) is 0 Å². The average Bonchev–Trinajstić information content (AvgIpc) is 3.08. The van der Waals surface area contributed by atoms with Crippen LogP contribution in [0.4, 0.5) is 0 Å². The van der Waals surface area contributed by atoms with E-state index < -0.39 is 0 Å². The fraction of sp³-hybridized carbons (Fsp3) is 0.455. The molecule has 29 heavy (non-hydrogen) atoms. The molecule has 2 amide bonds. The Labute approximate surface area is 170 Å². The Morgan fingerprint density at radius 3 is 2.83 bits per heavy atom. The maximum Gasteiger partial charge on any atom is 0.254 e. The second-order valence-electron chi connectivity index (χ2n) is 7.77. The molecule has 150 valence electrons. The van der Waals surface area contributed by atoms with Gasteiger partial charge in [0.15, 0.2) is 0 Å². The van der Waals surface area contributed by atoms with Gasteiger partial charge in [0.25, 0.3) is 5.91 Å². The number of likely N-dealkylation sites (N-methyl/N-ethyl adjacent to an activating group) is 1. The topological polar surface area (TPSA) is 71.3 Å². The zero-order valence-electron chi connectivity index (χ0n) is 16.8. The summed E-state index contributed by atoms with van der Waals surface area (Å²) < 4.78 is 1.68. The van der Waals surface area contributed by atoms with Gasteiger partial charge in [-0.25, -0.2) is 9.67 Å². The quantitative estimate of drug-likeness (QED) is 0.730. The molecule has 0 bridgehead atoms. The highest BCUT2D eigenvalue weighted by molar-refractivity contribution is 5.95. The predicted octanol–water partition coefficient (Wildman–Crippen LogP) is 1.91. The zero-order chi connectivity index (χ0) is 20.5. The molecule has 7 nitrogen and oxygen atoms in total. The van der Waals surface area contributed by atoms with Crippen molar-refractivity contribution in [2.24, 2.45) is 11.8 Å². The monoisotopic (exact) mass is 391 g/mol. The SMILES string of the molecule is C#C[C@H]1C[C@H]1C(=O)N1CCC(N(CC)C(=O)c2ccc(-n3cncn3)c(C)c2)C1. The second-order valence-corrected chi connectivity index (χ2v) is 7.77. The fourth-order valence-corrected chi connectivity index (χ4v) is 4.19. The molecule has 2 fully saturated rings. The van der Waals surface area contributed by atoms with Crippen molar-refractivity contribution >= 4 is 11.8 Å². The Morgan fingerprint density at radius 2 is 2.21 bits per heavy atom. The first-order valence-electron chi connectivity index (χ1n) is 10.0. The number of benzene rings is 1. The molecule has 1 aromatic heterocycles. The maximum atomic E-state index is 13.2. The molecule has 2 aromatic rings. The number of aryl methyl sites for hydroxylation is 1. The van der Waals surface area contributed by atoms with Crippen LogP contribution in [0.15, 0.2) is 30.9 Å². The summed E-state index contributed by atoms with van der Waals surface area (Å²) >= 11 is 0. The van der Waals surface area contributed by atoms with Crippen LogP contribution in [-0.4, -0.2) is 62.1 Å². The third-order valence-electron chi connectivity index (χ3n) is 5.95. The van der Waals surface area contributed by atoms with Crippen LogP contribution in [0.25, 0.3) is 5.69 Å². The molecular weight excluding hydrogens is 366 g/mol. The normalized spacial score (nSPS) is 22.9. The van der Waals surface area contributed by atoms with E-state index in [4.69, 9.17) is 6.42 Å². The Balaban J connectivity index is 1.45. The van der Waals surface area contributed by atoms with Gasteiger partial charge in [-0.15, -0.1) is 12.3 Å². The first kappa shape index (κ1) is 19.2. The lowest BCUT2D eigenvalue weighted by Crippen LogP contribution is -2.43. The van der Waals surface area contributed by atoms with Crippen molar-refractivity contribution in [2.75, 3.05) is 19.6 Å². The number of aromatic nitrogens is 3. The fourth-order valence-electron chi connectivity index (χ4n) is 4.19. The first-order valence-corrected chi connectivity index (χ1v) is 10.0. The predicted molar refractivity (Wildman–Crippen MR) is 108 cm³/mol. The summed E-state index contributed by atoms with van der Waals surface area (Å²) in [7, 11) is 0. The van der Waals surface area contributed by atoms with Crippen molar-refractivity contribution in [2.45, 2.75) is 32.7 Å². The standard InChI is InChI=1S/C22H25N5O2/c1-4-16-11-19(16)22(29)25-9-8-18(12-25)26(5-2)21(28)17-6-7-20(15(3)10-17)27-14-23-13-24-27/h1,6-7,10,13-14,16,18-19H,5,8-9,11-12H2,2-3H3/t16-,18?,19+/m0/s1. The van der Waals surface area contributed by atoms with Crippen molar-refractivity contribution in [3.05, 3.63) is 42.0 Å². The maximum absolute atomic E-state index is 13.2. The van der Waals surface area contributed by atoms with Gasteiger partial charge < -0.3 is 9.80 Å². The van der Waals surface area contributed by atoms with Gasteiger partial charge in [0.1, 0.15) is 12.7 Å². The largest absolute Gasteiger partial charge is 0.340 e. The summed E-state index contributed by atoms with van der Waals surface area (Å²) in [5.74, 6) is 2.89. The lowest BCUT2D eigenvalue weighted by atomic mass is 10.1. The second kappa shape index (κ2) is 7.70. The minimum absolute atomic E-state index is 0.00652. The number of carbonyl (C=O) groups is 2. The molecule has 1 saturated heterocycles. The van der Waals surface area contributed by atoms with E-state index in [2.05, 4.69) is 16.0 Å². The molecule has 1 aliphatic carbocycles. The molecular formula is C22H25N5O2. The van der Waals surface area contributed by atoms with Crippen molar-refractivity contribution in [1.82, 2.24) is 24.6 Å². The number of hydrogen-bond donors (Lipinski definition) is 0. The Kier molecular flexibility index (Phi) is 5.10. The van der Waals surface area contributed by atoms with Gasteiger partial charge in [-0.2, -0.15) is 5.10 Å². The minimum atomic E-state index is -0.0171. The molecule has 0 N–H and O–H groups in total. The van der Waals surface area contributed by atoms with Crippen LogP contribution in [0.3, 0.4) is 0 Å². The molecule has 1 aliphatic heterocycles. The van der Waals surface area contributed by atoms with Crippen LogP contribution in [0.2, 0.25) is 0 Å². The van der Waals surface area contributed by atoms with Crippen molar-refractivity contribution in [3.63, 3.8) is 0 Å². The lowest BCUT2D eigenvalue weighted by molar-refractivity contribution is -0.131. The van der Waals surface area contributed by atoms with Crippen molar-refractivity contribution < 1.29 is 9.59 Å². The van der Waals surface area contributed by atoms with Crippen molar-refractivity contribution in [1.29, 1.82) is 0 Å². The molecule has 7 heteroatoms. The smallest absolute Gasteiger partial charge is 0.254 e. The van der Waals surface area contributed by atoms with Crippen LogP contribution >= 0.6 is 0 Å². The molecule has 1 unspecified atom stereocenters. The summed E-state index contributed by atoms with van der Waals surface area (Å²) in [5.41, 5.74) is 2.49. The highest BCUT2D eigenvalue weighted by Crippen LogP contribution is 2.40. The van der Waals surface area contributed by atoms with Crippen LogP contribution in [0.5, 0.6) is 0 Å². The number of hydrogen-bond acceptors (Lipinski definition) is 4.